The summed E-state index contributed by atoms with van der Waals surface area (Å²) in [5, 5.41) is 13.1. The smallest absolute Gasteiger partial charge is 0.335 e. The Morgan fingerprint density at radius 1 is 1.36 bits per heavy atom. The molecule has 1 rings (SSSR count). The third kappa shape index (κ3) is 4.56. The first-order valence-corrected chi connectivity index (χ1v) is 8.78. The molecule has 0 saturated carbocycles. The molecule has 1 aromatic rings. The largest absolute Gasteiger partial charge is 0.478 e. The first-order chi connectivity index (χ1) is 10.2. The number of carboxylic acid groups (broad SMARTS) is 1. The molecule has 0 bridgehead atoms. The minimum absolute atomic E-state index is 0.113. The molecule has 0 aromatic heterocycles. The third-order valence-corrected chi connectivity index (χ3v) is 4.45. The SMILES string of the molecule is CCON=C(C)CCc1c(S(C)(=O)=O)ccc(C(=O)O)c1C. The van der Waals surface area contributed by atoms with Crippen molar-refractivity contribution >= 4 is 21.5 Å². The molecule has 7 heteroatoms. The van der Waals surface area contributed by atoms with Gasteiger partial charge in [-0.05, 0) is 56.9 Å². The van der Waals surface area contributed by atoms with E-state index in [1.54, 1.807) is 13.8 Å². The highest BCUT2D eigenvalue weighted by atomic mass is 32.2. The summed E-state index contributed by atoms with van der Waals surface area (Å²) in [6.45, 7) is 5.69. The van der Waals surface area contributed by atoms with Gasteiger partial charge in [-0.15, -0.1) is 0 Å². The Labute approximate surface area is 130 Å². The fourth-order valence-electron chi connectivity index (χ4n) is 2.15. The summed E-state index contributed by atoms with van der Waals surface area (Å²) in [6, 6.07) is 2.69. The summed E-state index contributed by atoms with van der Waals surface area (Å²) in [6.07, 6.45) is 2.00. The molecule has 0 atom stereocenters. The van der Waals surface area contributed by atoms with Crippen molar-refractivity contribution in [1.82, 2.24) is 0 Å². The second-order valence-corrected chi connectivity index (χ2v) is 7.02. The van der Waals surface area contributed by atoms with Gasteiger partial charge in [0.05, 0.1) is 16.2 Å². The van der Waals surface area contributed by atoms with Gasteiger partial charge in [-0.2, -0.15) is 0 Å². The molecule has 0 heterocycles. The quantitative estimate of drug-likeness (QED) is 0.613. The van der Waals surface area contributed by atoms with Crippen molar-refractivity contribution in [2.45, 2.75) is 38.5 Å². The van der Waals surface area contributed by atoms with Crippen LogP contribution in [0.1, 0.15) is 41.8 Å². The standard InChI is InChI=1S/C15H21NO5S/c1-5-21-16-10(2)6-7-12-11(3)13(15(17)18)8-9-14(12)22(4,19)20/h8-9H,5-7H2,1-4H3,(H,17,18). The topological polar surface area (TPSA) is 93.0 Å². The van der Waals surface area contributed by atoms with Crippen LogP contribution in [0, 0.1) is 6.92 Å². The van der Waals surface area contributed by atoms with Crippen molar-refractivity contribution in [3.05, 3.63) is 28.8 Å². The minimum atomic E-state index is -3.43. The number of sulfone groups is 1. The molecule has 6 nitrogen and oxygen atoms in total. The highest BCUT2D eigenvalue weighted by Crippen LogP contribution is 2.24. The number of oxime groups is 1. The van der Waals surface area contributed by atoms with Crippen molar-refractivity contribution in [3.8, 4) is 0 Å². The van der Waals surface area contributed by atoms with Crippen LogP contribution in [-0.2, 0) is 21.1 Å². The van der Waals surface area contributed by atoms with Crippen LogP contribution in [0.25, 0.3) is 0 Å². The van der Waals surface area contributed by atoms with E-state index in [4.69, 9.17) is 4.84 Å². The van der Waals surface area contributed by atoms with Crippen molar-refractivity contribution in [1.29, 1.82) is 0 Å². The molecule has 1 N–H and O–H groups in total. The lowest BCUT2D eigenvalue weighted by Crippen LogP contribution is -2.10. The van der Waals surface area contributed by atoms with Crippen molar-refractivity contribution in [2.24, 2.45) is 5.16 Å². The Bertz CT molecular complexity index is 692. The van der Waals surface area contributed by atoms with Crippen LogP contribution in [0.15, 0.2) is 22.2 Å². The molecular weight excluding hydrogens is 306 g/mol. The molecule has 1 aromatic carbocycles. The van der Waals surface area contributed by atoms with E-state index < -0.39 is 15.8 Å². The molecule has 0 saturated heterocycles. The normalized spacial score (nSPS) is 12.3. The fourth-order valence-corrected chi connectivity index (χ4v) is 3.17. The minimum Gasteiger partial charge on any atom is -0.478 e. The average Bonchev–Trinajstić information content (AvgIpc) is 2.41. The van der Waals surface area contributed by atoms with Crippen LogP contribution in [0.3, 0.4) is 0 Å². The average molecular weight is 327 g/mol. The van der Waals surface area contributed by atoms with Gasteiger partial charge in [0.1, 0.15) is 6.61 Å². The van der Waals surface area contributed by atoms with Crippen LogP contribution >= 0.6 is 0 Å². The van der Waals surface area contributed by atoms with E-state index in [2.05, 4.69) is 5.16 Å². The predicted molar refractivity (Wildman–Crippen MR) is 84.3 cm³/mol. The van der Waals surface area contributed by atoms with Gasteiger partial charge in [-0.1, -0.05) is 5.16 Å². The number of carboxylic acids is 1. The predicted octanol–water partition coefficient (Wildman–Crippen LogP) is 2.44. The lowest BCUT2D eigenvalue weighted by molar-refractivity contribution is 0.0696. The number of nitrogens with zero attached hydrogens (tertiary/aromatic N) is 1. The number of carbonyl (C=O) groups is 1. The summed E-state index contributed by atoms with van der Waals surface area (Å²) < 4.78 is 23.8. The molecule has 0 radical (unpaired) electrons. The van der Waals surface area contributed by atoms with E-state index in [-0.39, 0.29) is 10.5 Å². The van der Waals surface area contributed by atoms with E-state index in [0.717, 1.165) is 12.0 Å². The molecule has 0 amide bonds. The van der Waals surface area contributed by atoms with E-state index in [0.29, 0.717) is 30.6 Å². The second-order valence-electron chi connectivity index (χ2n) is 5.04. The van der Waals surface area contributed by atoms with E-state index in [9.17, 15) is 18.3 Å². The number of aromatic carboxylic acids is 1. The summed E-state index contributed by atoms with van der Waals surface area (Å²) >= 11 is 0. The number of rotatable bonds is 7. The number of hydrogen-bond donors (Lipinski definition) is 1. The van der Waals surface area contributed by atoms with E-state index >= 15 is 0 Å². The van der Waals surface area contributed by atoms with Gasteiger partial charge in [-0.3, -0.25) is 0 Å². The Hall–Kier alpha value is -1.89. The highest BCUT2D eigenvalue weighted by Gasteiger charge is 2.19. The second kappa shape index (κ2) is 7.40. The van der Waals surface area contributed by atoms with Crippen molar-refractivity contribution in [3.63, 3.8) is 0 Å². The zero-order chi connectivity index (χ0) is 16.9. The fraction of sp³-hybridized carbons (Fsp3) is 0.467. The third-order valence-electron chi connectivity index (χ3n) is 3.27. The maximum Gasteiger partial charge on any atom is 0.335 e. The Kier molecular flexibility index (Phi) is 6.11. The maximum atomic E-state index is 11.9. The summed E-state index contributed by atoms with van der Waals surface area (Å²) in [7, 11) is -3.43. The Morgan fingerprint density at radius 3 is 2.50 bits per heavy atom. The van der Waals surface area contributed by atoms with E-state index in [1.807, 2.05) is 6.92 Å². The first-order valence-electron chi connectivity index (χ1n) is 6.89. The number of hydrogen-bond acceptors (Lipinski definition) is 5. The van der Waals surface area contributed by atoms with Crippen LogP contribution in [-0.4, -0.2) is 38.1 Å². The van der Waals surface area contributed by atoms with Crippen LogP contribution in [0.2, 0.25) is 0 Å². The molecule has 0 fully saturated rings. The van der Waals surface area contributed by atoms with Gasteiger partial charge in [0, 0.05) is 6.26 Å². The summed E-state index contributed by atoms with van der Waals surface area (Å²) in [5.41, 5.74) is 1.83. The summed E-state index contributed by atoms with van der Waals surface area (Å²) in [4.78, 5) is 16.3. The Balaban J connectivity index is 3.24. The molecule has 0 aliphatic rings. The van der Waals surface area contributed by atoms with E-state index in [1.165, 1.54) is 12.1 Å². The van der Waals surface area contributed by atoms with Gasteiger partial charge < -0.3 is 9.94 Å². The van der Waals surface area contributed by atoms with Crippen LogP contribution < -0.4 is 0 Å². The molecule has 22 heavy (non-hydrogen) atoms. The lowest BCUT2D eigenvalue weighted by atomic mass is 9.98. The maximum absolute atomic E-state index is 11.9. The molecule has 122 valence electrons. The lowest BCUT2D eigenvalue weighted by Gasteiger charge is -2.13. The number of benzene rings is 1. The summed E-state index contributed by atoms with van der Waals surface area (Å²) in [5.74, 6) is -1.07. The molecule has 0 unspecified atom stereocenters. The first kappa shape index (κ1) is 18.2. The van der Waals surface area contributed by atoms with Crippen molar-refractivity contribution in [2.75, 3.05) is 12.9 Å². The molecule has 0 spiro atoms. The van der Waals surface area contributed by atoms with Crippen LogP contribution in [0.4, 0.5) is 0 Å². The van der Waals surface area contributed by atoms with Gasteiger partial charge in [-0.25, -0.2) is 13.2 Å². The van der Waals surface area contributed by atoms with Crippen LogP contribution in [0.5, 0.6) is 0 Å². The highest BCUT2D eigenvalue weighted by molar-refractivity contribution is 7.90. The van der Waals surface area contributed by atoms with Crippen molar-refractivity contribution < 1.29 is 23.2 Å². The zero-order valence-electron chi connectivity index (χ0n) is 13.2. The monoisotopic (exact) mass is 327 g/mol. The molecular formula is C15H21NO5S. The van der Waals surface area contributed by atoms with Gasteiger partial charge >= 0.3 is 5.97 Å². The molecule has 0 aliphatic heterocycles. The Morgan fingerprint density at radius 2 is 2.00 bits per heavy atom. The van der Waals surface area contributed by atoms with Gasteiger partial charge in [0.25, 0.3) is 0 Å². The van der Waals surface area contributed by atoms with Gasteiger partial charge in [0.2, 0.25) is 0 Å². The van der Waals surface area contributed by atoms with Gasteiger partial charge in [0.15, 0.2) is 9.84 Å². The zero-order valence-corrected chi connectivity index (χ0v) is 14.0. The molecule has 0 aliphatic carbocycles.